The fourth-order valence-electron chi connectivity index (χ4n) is 3.43. The van der Waals surface area contributed by atoms with Gasteiger partial charge in [-0.15, -0.1) is 0 Å². The number of sulfonamides is 1. The smallest absolute Gasteiger partial charge is 0.329 e. The van der Waals surface area contributed by atoms with E-state index in [-0.39, 0.29) is 17.2 Å². The number of nitrogens with zero attached hydrogens (tertiary/aromatic N) is 1. The Hall–Kier alpha value is -2.71. The van der Waals surface area contributed by atoms with E-state index in [2.05, 4.69) is 0 Å². The minimum Gasteiger partial charge on any atom is -0.494 e. The Morgan fingerprint density at radius 2 is 1.65 bits per heavy atom. The third kappa shape index (κ3) is 5.51. The van der Waals surface area contributed by atoms with E-state index in [4.69, 9.17) is 9.47 Å². The van der Waals surface area contributed by atoms with Crippen LogP contribution in [0.2, 0.25) is 0 Å². The molecule has 2 aromatic rings. The second kappa shape index (κ2) is 10.1. The predicted molar refractivity (Wildman–Crippen MR) is 116 cm³/mol. The van der Waals surface area contributed by atoms with Gasteiger partial charge in [-0.25, -0.2) is 13.2 Å². The molecule has 8 heteroatoms. The van der Waals surface area contributed by atoms with Crippen molar-refractivity contribution in [1.82, 2.24) is 4.31 Å². The van der Waals surface area contributed by atoms with E-state index in [9.17, 15) is 18.0 Å². The summed E-state index contributed by atoms with van der Waals surface area (Å²) in [5.41, 5.74) is 0.430. The van der Waals surface area contributed by atoms with Crippen LogP contribution in [0.3, 0.4) is 0 Å². The van der Waals surface area contributed by atoms with Gasteiger partial charge < -0.3 is 9.47 Å². The summed E-state index contributed by atoms with van der Waals surface area (Å²) in [6.07, 6.45) is 2.68. The summed E-state index contributed by atoms with van der Waals surface area (Å²) in [5, 5.41) is 0. The van der Waals surface area contributed by atoms with Gasteiger partial charge in [0, 0.05) is 12.1 Å². The topological polar surface area (TPSA) is 90.0 Å². The Morgan fingerprint density at radius 1 is 1.00 bits per heavy atom. The van der Waals surface area contributed by atoms with Gasteiger partial charge in [0.2, 0.25) is 10.0 Å². The standard InChI is InChI=1S/C23H27NO6S/c1-3-16-29-19-9-11-20(12-10-19)30-23(26)22-6-4-5-15-24(22)31(27,28)21-13-7-18(8-14-21)17(2)25/h7-14,22H,3-6,15-16H2,1-2H3. The summed E-state index contributed by atoms with van der Waals surface area (Å²) in [7, 11) is -3.91. The van der Waals surface area contributed by atoms with Crippen LogP contribution in [0.1, 0.15) is 49.9 Å². The van der Waals surface area contributed by atoms with Gasteiger partial charge in [-0.2, -0.15) is 4.31 Å². The van der Waals surface area contributed by atoms with Gasteiger partial charge in [0.05, 0.1) is 11.5 Å². The zero-order valence-corrected chi connectivity index (χ0v) is 18.6. The molecule has 1 saturated heterocycles. The number of ether oxygens (including phenoxy) is 2. The highest BCUT2D eigenvalue weighted by Gasteiger charge is 2.38. The average Bonchev–Trinajstić information content (AvgIpc) is 2.78. The molecule has 166 valence electrons. The summed E-state index contributed by atoms with van der Waals surface area (Å²) in [6.45, 7) is 4.27. The molecule has 0 aliphatic carbocycles. The van der Waals surface area contributed by atoms with Crippen LogP contribution in [0.25, 0.3) is 0 Å². The first-order valence-corrected chi connectivity index (χ1v) is 11.8. The molecule has 0 N–H and O–H groups in total. The third-order valence-corrected chi connectivity index (χ3v) is 7.03. The van der Waals surface area contributed by atoms with Crippen molar-refractivity contribution >= 4 is 21.8 Å². The molecule has 0 bridgehead atoms. The van der Waals surface area contributed by atoms with Gasteiger partial charge >= 0.3 is 5.97 Å². The molecule has 1 heterocycles. The van der Waals surface area contributed by atoms with Crippen LogP contribution < -0.4 is 9.47 Å². The number of hydrogen-bond acceptors (Lipinski definition) is 6. The molecule has 1 unspecified atom stereocenters. The van der Waals surface area contributed by atoms with E-state index in [1.165, 1.54) is 35.5 Å². The summed E-state index contributed by atoms with van der Waals surface area (Å²) < 4.78 is 38.6. The number of rotatable bonds is 8. The van der Waals surface area contributed by atoms with Crippen LogP contribution >= 0.6 is 0 Å². The quantitative estimate of drug-likeness (QED) is 0.349. The number of esters is 1. The predicted octanol–water partition coefficient (Wildman–Crippen LogP) is 3.83. The number of piperidine rings is 1. The largest absolute Gasteiger partial charge is 0.494 e. The molecule has 0 saturated carbocycles. The van der Waals surface area contributed by atoms with Crippen molar-refractivity contribution in [3.05, 3.63) is 54.1 Å². The second-order valence-corrected chi connectivity index (χ2v) is 9.34. The van der Waals surface area contributed by atoms with Crippen molar-refractivity contribution < 1.29 is 27.5 Å². The Labute approximate surface area is 183 Å². The molecule has 3 rings (SSSR count). The van der Waals surface area contributed by atoms with Gasteiger partial charge in [0.25, 0.3) is 0 Å². The van der Waals surface area contributed by atoms with Crippen LogP contribution in [0.4, 0.5) is 0 Å². The molecule has 7 nitrogen and oxygen atoms in total. The van der Waals surface area contributed by atoms with Gasteiger partial charge in [-0.1, -0.05) is 19.1 Å². The van der Waals surface area contributed by atoms with Gasteiger partial charge in [-0.3, -0.25) is 4.79 Å². The molecule has 1 aliphatic heterocycles. The lowest BCUT2D eigenvalue weighted by Gasteiger charge is -2.33. The SMILES string of the molecule is CCCOc1ccc(OC(=O)C2CCCCN2S(=O)(=O)c2ccc(C(C)=O)cc2)cc1. The minimum absolute atomic E-state index is 0.0506. The number of ketones is 1. The van der Waals surface area contributed by atoms with E-state index < -0.39 is 22.0 Å². The third-order valence-electron chi connectivity index (χ3n) is 5.11. The van der Waals surface area contributed by atoms with E-state index in [1.807, 2.05) is 6.92 Å². The van der Waals surface area contributed by atoms with Crippen molar-refractivity contribution in [3.8, 4) is 11.5 Å². The summed E-state index contributed by atoms with van der Waals surface area (Å²) >= 11 is 0. The van der Waals surface area contributed by atoms with Gasteiger partial charge in [0.1, 0.15) is 17.5 Å². The molecule has 31 heavy (non-hydrogen) atoms. The van der Waals surface area contributed by atoms with Crippen molar-refractivity contribution in [2.75, 3.05) is 13.2 Å². The van der Waals surface area contributed by atoms with Gasteiger partial charge in [-0.05, 0) is 69.0 Å². The monoisotopic (exact) mass is 445 g/mol. The van der Waals surface area contributed by atoms with E-state index in [1.54, 1.807) is 24.3 Å². The normalized spacial score (nSPS) is 17.2. The zero-order chi connectivity index (χ0) is 22.4. The van der Waals surface area contributed by atoms with Crippen molar-refractivity contribution in [1.29, 1.82) is 0 Å². The van der Waals surface area contributed by atoms with Crippen molar-refractivity contribution in [2.45, 2.75) is 50.5 Å². The molecule has 1 aliphatic rings. The van der Waals surface area contributed by atoms with E-state index in [0.29, 0.717) is 36.5 Å². The second-order valence-electron chi connectivity index (χ2n) is 7.45. The Bertz CT molecular complexity index is 1020. The fraction of sp³-hybridized carbons (Fsp3) is 0.391. The van der Waals surface area contributed by atoms with Crippen LogP contribution in [0.15, 0.2) is 53.4 Å². The first-order chi connectivity index (χ1) is 14.8. The van der Waals surface area contributed by atoms with Crippen LogP contribution in [0, 0.1) is 0 Å². The molecule has 1 fully saturated rings. The molecule has 2 aromatic carbocycles. The molecule has 0 aromatic heterocycles. The summed E-state index contributed by atoms with van der Waals surface area (Å²) in [6, 6.07) is 11.5. The maximum Gasteiger partial charge on any atom is 0.329 e. The van der Waals surface area contributed by atoms with Crippen molar-refractivity contribution in [2.24, 2.45) is 0 Å². The average molecular weight is 446 g/mol. The number of hydrogen-bond donors (Lipinski definition) is 0. The van der Waals surface area contributed by atoms with Crippen LogP contribution in [-0.2, 0) is 14.8 Å². The first-order valence-electron chi connectivity index (χ1n) is 10.4. The Balaban J connectivity index is 1.76. The zero-order valence-electron chi connectivity index (χ0n) is 17.7. The highest BCUT2D eigenvalue weighted by atomic mass is 32.2. The lowest BCUT2D eigenvalue weighted by atomic mass is 10.1. The lowest BCUT2D eigenvalue weighted by molar-refractivity contribution is -0.139. The maximum atomic E-state index is 13.2. The molecule has 0 spiro atoms. The maximum absolute atomic E-state index is 13.2. The molecule has 0 radical (unpaired) electrons. The van der Waals surface area contributed by atoms with E-state index in [0.717, 1.165) is 12.8 Å². The number of Topliss-reactive ketones (excluding diaryl/α,β-unsaturated/α-hetero) is 1. The molecular weight excluding hydrogens is 418 g/mol. The fourth-order valence-corrected chi connectivity index (χ4v) is 5.08. The minimum atomic E-state index is -3.91. The number of benzene rings is 2. The molecule has 1 atom stereocenters. The number of carbonyl (C=O) groups excluding carboxylic acids is 2. The highest BCUT2D eigenvalue weighted by Crippen LogP contribution is 2.27. The lowest BCUT2D eigenvalue weighted by Crippen LogP contribution is -2.49. The van der Waals surface area contributed by atoms with Crippen molar-refractivity contribution in [3.63, 3.8) is 0 Å². The van der Waals surface area contributed by atoms with Crippen LogP contribution in [0.5, 0.6) is 11.5 Å². The number of carbonyl (C=O) groups is 2. The Morgan fingerprint density at radius 3 is 2.26 bits per heavy atom. The molecular formula is C23H27NO6S. The highest BCUT2D eigenvalue weighted by molar-refractivity contribution is 7.89. The van der Waals surface area contributed by atoms with Crippen LogP contribution in [-0.4, -0.2) is 43.7 Å². The summed E-state index contributed by atoms with van der Waals surface area (Å²) in [5.74, 6) is 0.264. The van der Waals surface area contributed by atoms with Gasteiger partial charge in [0.15, 0.2) is 5.78 Å². The first kappa shape index (κ1) is 23.0. The van der Waals surface area contributed by atoms with E-state index >= 15 is 0 Å². The molecule has 0 amide bonds. The summed E-state index contributed by atoms with van der Waals surface area (Å²) in [4.78, 5) is 24.4. The Kier molecular flexibility index (Phi) is 7.46.